The van der Waals surface area contributed by atoms with Crippen LogP contribution in [0.25, 0.3) is 0 Å². The molecule has 0 heterocycles. The molecular formula is C36H49N3O6S. The molecule has 3 aromatic rings. The zero-order valence-electron chi connectivity index (χ0n) is 27.5. The summed E-state index contributed by atoms with van der Waals surface area (Å²) in [6, 6.07) is 17.7. The molecule has 0 radical (unpaired) electrons. The zero-order chi connectivity index (χ0) is 33.2. The molecule has 0 atom stereocenters. The normalized spacial score (nSPS) is 11.8. The lowest BCUT2D eigenvalue weighted by molar-refractivity contribution is -0.384. The third-order valence-corrected chi connectivity index (χ3v) is 8.91. The van der Waals surface area contributed by atoms with Crippen molar-refractivity contribution in [2.24, 2.45) is 5.10 Å². The number of non-ortho nitro benzene ring substituents is 1. The molecule has 0 saturated carbocycles. The Morgan fingerprint density at radius 2 is 1.24 bits per heavy atom. The Kier molecular flexibility index (Phi) is 15.5. The quantitative estimate of drug-likeness (QED) is 0.0501. The topological polar surface area (TPSA) is 120 Å². The lowest BCUT2D eigenvalue weighted by Crippen LogP contribution is -2.21. The van der Waals surface area contributed by atoms with Crippen LogP contribution >= 0.6 is 0 Å². The van der Waals surface area contributed by atoms with Crippen LogP contribution in [-0.4, -0.2) is 32.3 Å². The van der Waals surface area contributed by atoms with Gasteiger partial charge in [-0.2, -0.15) is 18.4 Å². The van der Waals surface area contributed by atoms with Crippen molar-refractivity contribution in [1.29, 1.82) is 0 Å². The second kappa shape index (κ2) is 19.6. The number of hydrogen-bond donors (Lipinski definition) is 1. The fraction of sp³-hybridized carbons (Fsp3) is 0.472. The van der Waals surface area contributed by atoms with Gasteiger partial charge in [0.2, 0.25) is 0 Å². The summed E-state index contributed by atoms with van der Waals surface area (Å²) < 4.78 is 38.7. The molecule has 0 aliphatic carbocycles. The van der Waals surface area contributed by atoms with Gasteiger partial charge in [0.1, 0.15) is 0 Å². The van der Waals surface area contributed by atoms with Crippen molar-refractivity contribution in [3.63, 3.8) is 0 Å². The first-order valence-electron chi connectivity index (χ1n) is 16.6. The molecule has 0 aliphatic rings. The highest BCUT2D eigenvalue weighted by atomic mass is 32.2. The number of aryl methyl sites for hydroxylation is 1. The van der Waals surface area contributed by atoms with Gasteiger partial charge in [0.15, 0.2) is 11.5 Å². The Balaban J connectivity index is 1.90. The number of nitro groups is 1. The highest BCUT2D eigenvalue weighted by Gasteiger charge is 2.18. The third-order valence-electron chi connectivity index (χ3n) is 7.69. The summed E-state index contributed by atoms with van der Waals surface area (Å²) in [5.74, 6) is 1.17. The van der Waals surface area contributed by atoms with Gasteiger partial charge in [-0.05, 0) is 62.2 Å². The largest absolute Gasteiger partial charge is 0.490 e. The predicted octanol–water partition coefficient (Wildman–Crippen LogP) is 9.11. The highest BCUT2D eigenvalue weighted by molar-refractivity contribution is 7.89. The van der Waals surface area contributed by atoms with Crippen molar-refractivity contribution in [1.82, 2.24) is 4.83 Å². The summed E-state index contributed by atoms with van der Waals surface area (Å²) in [6.07, 6.45) is 13.7. The Hall–Kier alpha value is -3.92. The van der Waals surface area contributed by atoms with Gasteiger partial charge in [0, 0.05) is 23.3 Å². The molecule has 1 N–H and O–H groups in total. The van der Waals surface area contributed by atoms with E-state index in [9.17, 15) is 18.5 Å². The number of benzene rings is 3. The van der Waals surface area contributed by atoms with Crippen molar-refractivity contribution >= 4 is 21.4 Å². The SMILES string of the molecule is CCCCCCCCOc1ccc(/C(=N/NS(=O)(=O)c2ccc(C)cc2)c2ccc([N+](=O)[O-])cc2)cc1OCCCCCCCC. The molecule has 46 heavy (non-hydrogen) atoms. The number of ether oxygens (including phenoxy) is 2. The van der Waals surface area contributed by atoms with Crippen LogP contribution in [-0.2, 0) is 10.0 Å². The molecule has 10 heteroatoms. The molecular weight excluding hydrogens is 602 g/mol. The minimum Gasteiger partial charge on any atom is -0.490 e. The first-order valence-corrected chi connectivity index (χ1v) is 18.0. The van der Waals surface area contributed by atoms with Crippen LogP contribution in [0.3, 0.4) is 0 Å². The van der Waals surface area contributed by atoms with Gasteiger partial charge in [-0.15, -0.1) is 0 Å². The van der Waals surface area contributed by atoms with Gasteiger partial charge in [0.05, 0.1) is 28.7 Å². The molecule has 0 spiro atoms. The second-order valence-electron chi connectivity index (χ2n) is 11.6. The van der Waals surface area contributed by atoms with E-state index in [1.807, 2.05) is 13.0 Å². The Morgan fingerprint density at radius 3 is 1.80 bits per heavy atom. The fourth-order valence-corrected chi connectivity index (χ4v) is 5.74. The molecule has 0 aromatic heterocycles. The molecule has 0 unspecified atom stereocenters. The molecule has 3 rings (SSSR count). The standard InChI is InChI=1S/C36H49N3O6S/c1-4-6-8-10-12-14-26-44-34-25-20-31(28-35(34)45-27-15-13-11-9-7-5-2)36(30-18-21-32(22-19-30)39(40)41)37-38-46(42,43)33-23-16-29(3)17-24-33/h16-25,28,38H,4-15,26-27H2,1-3H3/b37-36+. The average molecular weight is 652 g/mol. The Morgan fingerprint density at radius 1 is 0.717 bits per heavy atom. The summed E-state index contributed by atoms with van der Waals surface area (Å²) in [6.45, 7) is 7.37. The van der Waals surface area contributed by atoms with E-state index >= 15 is 0 Å². The summed E-state index contributed by atoms with van der Waals surface area (Å²) in [5.41, 5.74) is 2.22. The fourth-order valence-electron chi connectivity index (χ4n) is 4.93. The zero-order valence-corrected chi connectivity index (χ0v) is 28.3. The number of nitrogens with zero attached hydrogens (tertiary/aromatic N) is 2. The molecule has 3 aromatic carbocycles. The second-order valence-corrected chi connectivity index (χ2v) is 13.2. The van der Waals surface area contributed by atoms with Crippen molar-refractivity contribution in [2.75, 3.05) is 13.2 Å². The van der Waals surface area contributed by atoms with E-state index in [0.29, 0.717) is 35.8 Å². The predicted molar refractivity (Wildman–Crippen MR) is 184 cm³/mol. The van der Waals surface area contributed by atoms with Crippen LogP contribution in [0.5, 0.6) is 11.5 Å². The Bertz CT molecular complexity index is 1490. The lowest BCUT2D eigenvalue weighted by Gasteiger charge is -2.16. The maximum atomic E-state index is 13.1. The van der Waals surface area contributed by atoms with E-state index in [1.54, 1.807) is 36.4 Å². The van der Waals surface area contributed by atoms with Crippen molar-refractivity contribution in [3.8, 4) is 11.5 Å². The lowest BCUT2D eigenvalue weighted by atomic mass is 10.0. The average Bonchev–Trinajstić information content (AvgIpc) is 3.05. The van der Waals surface area contributed by atoms with E-state index < -0.39 is 14.9 Å². The Labute approximate surface area is 274 Å². The van der Waals surface area contributed by atoms with Gasteiger partial charge in [-0.3, -0.25) is 10.1 Å². The van der Waals surface area contributed by atoms with Crippen LogP contribution in [0.15, 0.2) is 76.7 Å². The van der Waals surface area contributed by atoms with E-state index in [2.05, 4.69) is 23.8 Å². The highest BCUT2D eigenvalue weighted by Crippen LogP contribution is 2.31. The van der Waals surface area contributed by atoms with Crippen LogP contribution in [0.2, 0.25) is 0 Å². The summed E-state index contributed by atoms with van der Waals surface area (Å²) in [4.78, 5) is 13.2. The summed E-state index contributed by atoms with van der Waals surface area (Å²) >= 11 is 0. The van der Waals surface area contributed by atoms with Gasteiger partial charge >= 0.3 is 0 Å². The van der Waals surface area contributed by atoms with Crippen LogP contribution in [0, 0.1) is 17.0 Å². The van der Waals surface area contributed by atoms with Crippen LogP contribution < -0.4 is 14.3 Å². The first-order chi connectivity index (χ1) is 22.2. The number of hydrogen-bond acceptors (Lipinski definition) is 7. The minimum atomic E-state index is -3.98. The molecule has 0 saturated heterocycles. The molecule has 250 valence electrons. The van der Waals surface area contributed by atoms with E-state index in [4.69, 9.17) is 9.47 Å². The maximum Gasteiger partial charge on any atom is 0.276 e. The van der Waals surface area contributed by atoms with Crippen molar-refractivity contribution < 1.29 is 22.8 Å². The number of hydrazone groups is 1. The van der Waals surface area contributed by atoms with Crippen LogP contribution in [0.4, 0.5) is 5.69 Å². The van der Waals surface area contributed by atoms with Gasteiger partial charge in [-0.1, -0.05) is 95.8 Å². The van der Waals surface area contributed by atoms with E-state index in [1.165, 1.54) is 69.2 Å². The van der Waals surface area contributed by atoms with Crippen molar-refractivity contribution in [2.45, 2.75) is 103 Å². The maximum absolute atomic E-state index is 13.1. The summed E-state index contributed by atoms with van der Waals surface area (Å²) in [7, 11) is -3.98. The molecule has 9 nitrogen and oxygen atoms in total. The summed E-state index contributed by atoms with van der Waals surface area (Å²) in [5, 5.41) is 15.6. The molecule has 0 fully saturated rings. The number of sulfonamides is 1. The van der Waals surface area contributed by atoms with Gasteiger partial charge in [-0.25, -0.2) is 0 Å². The van der Waals surface area contributed by atoms with E-state index in [0.717, 1.165) is 37.7 Å². The number of nitro benzene ring substituents is 1. The minimum absolute atomic E-state index is 0.0753. The third kappa shape index (κ3) is 12.1. The molecule has 0 bridgehead atoms. The van der Waals surface area contributed by atoms with Gasteiger partial charge < -0.3 is 9.47 Å². The number of rotatable bonds is 22. The number of nitrogens with one attached hydrogen (secondary N) is 1. The van der Waals surface area contributed by atoms with Gasteiger partial charge in [0.25, 0.3) is 15.7 Å². The monoisotopic (exact) mass is 651 g/mol. The van der Waals surface area contributed by atoms with Crippen molar-refractivity contribution in [3.05, 3.63) is 93.5 Å². The molecule has 0 amide bonds. The first kappa shape index (κ1) is 36.5. The molecule has 0 aliphatic heterocycles. The smallest absolute Gasteiger partial charge is 0.276 e. The van der Waals surface area contributed by atoms with Crippen LogP contribution in [0.1, 0.15) is 108 Å². The van der Waals surface area contributed by atoms with E-state index in [-0.39, 0.29) is 16.3 Å². The number of unbranched alkanes of at least 4 members (excludes halogenated alkanes) is 10.